The van der Waals surface area contributed by atoms with Crippen molar-refractivity contribution in [1.82, 2.24) is 0 Å². The van der Waals surface area contributed by atoms with Gasteiger partial charge in [-0.3, -0.25) is 0 Å². The first-order chi connectivity index (χ1) is 9.13. The van der Waals surface area contributed by atoms with Gasteiger partial charge in [0.25, 0.3) is 0 Å². The average molecular weight is 282 g/mol. The highest BCUT2D eigenvalue weighted by Crippen LogP contribution is 2.33. The lowest BCUT2D eigenvalue weighted by Crippen LogP contribution is -2.39. The largest absolute Gasteiger partial charge is 0.478 e. The van der Waals surface area contributed by atoms with E-state index in [-0.39, 0.29) is 5.56 Å². The van der Waals surface area contributed by atoms with Crippen LogP contribution < -0.4 is 4.90 Å². The third-order valence-electron chi connectivity index (χ3n) is 3.75. The number of nitrogens with zero attached hydrogens (tertiary/aromatic N) is 1. The highest BCUT2D eigenvalue weighted by Gasteiger charge is 2.23. The number of carboxylic acids is 1. The summed E-state index contributed by atoms with van der Waals surface area (Å²) in [4.78, 5) is 13.3. The summed E-state index contributed by atoms with van der Waals surface area (Å²) in [6.07, 6.45) is 5.97. The molecule has 1 N–H and O–H groups in total. The first-order valence-electron chi connectivity index (χ1n) is 6.93. The van der Waals surface area contributed by atoms with Crippen LogP contribution in [0.1, 0.15) is 49.4 Å². The van der Waals surface area contributed by atoms with Crippen molar-refractivity contribution in [2.24, 2.45) is 0 Å². The Bertz CT molecular complexity index is 459. The van der Waals surface area contributed by atoms with Crippen LogP contribution in [-0.2, 0) is 0 Å². The van der Waals surface area contributed by atoms with Crippen LogP contribution in [0.2, 0.25) is 5.02 Å². The quantitative estimate of drug-likeness (QED) is 0.899. The highest BCUT2D eigenvalue weighted by atomic mass is 35.5. The summed E-state index contributed by atoms with van der Waals surface area (Å²) in [5.41, 5.74) is 1.22. The van der Waals surface area contributed by atoms with Crippen molar-refractivity contribution in [2.45, 2.75) is 45.1 Å². The van der Waals surface area contributed by atoms with Crippen LogP contribution in [0.15, 0.2) is 18.2 Å². The van der Waals surface area contributed by atoms with Gasteiger partial charge in [0.15, 0.2) is 0 Å². The van der Waals surface area contributed by atoms with E-state index >= 15 is 0 Å². The Labute approximate surface area is 119 Å². The van der Waals surface area contributed by atoms with E-state index in [0.29, 0.717) is 11.1 Å². The molecule has 0 amide bonds. The summed E-state index contributed by atoms with van der Waals surface area (Å²) in [5, 5.41) is 9.52. The molecule has 1 aliphatic heterocycles. The number of carboxylic acid groups (broad SMARTS) is 1. The number of carbonyl (C=O) groups is 1. The maximum Gasteiger partial charge on any atom is 0.335 e. The van der Waals surface area contributed by atoms with E-state index in [1.165, 1.54) is 19.3 Å². The van der Waals surface area contributed by atoms with Crippen molar-refractivity contribution < 1.29 is 9.90 Å². The van der Waals surface area contributed by atoms with Gasteiger partial charge in [-0.05, 0) is 43.9 Å². The SMILES string of the molecule is CCCC1CCCCN1c1ccc(C(=O)O)cc1Cl. The molecule has 104 valence electrons. The van der Waals surface area contributed by atoms with Crippen molar-refractivity contribution in [3.63, 3.8) is 0 Å². The molecule has 1 aliphatic rings. The zero-order valence-electron chi connectivity index (χ0n) is 11.2. The zero-order valence-corrected chi connectivity index (χ0v) is 12.0. The first-order valence-corrected chi connectivity index (χ1v) is 7.30. The Morgan fingerprint density at radius 2 is 2.26 bits per heavy atom. The summed E-state index contributed by atoms with van der Waals surface area (Å²) in [7, 11) is 0. The van der Waals surface area contributed by atoms with Crippen LogP contribution in [0.25, 0.3) is 0 Å². The van der Waals surface area contributed by atoms with E-state index in [1.807, 2.05) is 6.07 Å². The number of hydrogen-bond acceptors (Lipinski definition) is 2. The molecule has 2 rings (SSSR count). The standard InChI is InChI=1S/C15H20ClNO2/c1-2-5-12-6-3-4-9-17(12)14-8-7-11(15(18)19)10-13(14)16/h7-8,10,12H,2-6,9H2,1H3,(H,18,19). The lowest BCUT2D eigenvalue weighted by molar-refractivity contribution is 0.0697. The van der Waals surface area contributed by atoms with Crippen molar-refractivity contribution in [2.75, 3.05) is 11.4 Å². The fraction of sp³-hybridized carbons (Fsp3) is 0.533. The molecule has 0 bridgehead atoms. The number of piperidine rings is 1. The molecule has 0 radical (unpaired) electrons. The minimum absolute atomic E-state index is 0.248. The van der Waals surface area contributed by atoms with E-state index in [4.69, 9.17) is 16.7 Å². The Balaban J connectivity index is 2.26. The lowest BCUT2D eigenvalue weighted by atomic mass is 9.97. The molecule has 1 heterocycles. The summed E-state index contributed by atoms with van der Waals surface area (Å²) in [6.45, 7) is 3.21. The van der Waals surface area contributed by atoms with Gasteiger partial charge in [-0.15, -0.1) is 0 Å². The van der Waals surface area contributed by atoms with Crippen LogP contribution in [0.4, 0.5) is 5.69 Å². The lowest BCUT2D eigenvalue weighted by Gasteiger charge is -2.38. The second-order valence-electron chi connectivity index (χ2n) is 5.10. The van der Waals surface area contributed by atoms with Gasteiger partial charge in [-0.1, -0.05) is 24.9 Å². The van der Waals surface area contributed by atoms with Crippen LogP contribution in [0, 0.1) is 0 Å². The minimum atomic E-state index is -0.933. The fourth-order valence-electron chi connectivity index (χ4n) is 2.82. The summed E-state index contributed by atoms with van der Waals surface area (Å²) in [5.74, 6) is -0.933. The van der Waals surface area contributed by atoms with Crippen molar-refractivity contribution in [3.8, 4) is 0 Å². The number of hydrogen-bond donors (Lipinski definition) is 1. The molecule has 0 saturated carbocycles. The maximum absolute atomic E-state index is 10.9. The number of benzene rings is 1. The monoisotopic (exact) mass is 281 g/mol. The number of anilines is 1. The summed E-state index contributed by atoms with van der Waals surface area (Å²) < 4.78 is 0. The molecule has 1 aromatic rings. The molecule has 1 atom stereocenters. The third kappa shape index (κ3) is 3.21. The second-order valence-corrected chi connectivity index (χ2v) is 5.51. The van der Waals surface area contributed by atoms with Gasteiger partial charge in [-0.2, -0.15) is 0 Å². The average Bonchev–Trinajstić information content (AvgIpc) is 2.40. The van der Waals surface area contributed by atoms with Crippen LogP contribution in [0.3, 0.4) is 0 Å². The maximum atomic E-state index is 10.9. The van der Waals surface area contributed by atoms with E-state index in [1.54, 1.807) is 12.1 Å². The highest BCUT2D eigenvalue weighted by molar-refractivity contribution is 6.33. The predicted octanol–water partition coefficient (Wildman–Crippen LogP) is 4.20. The Hall–Kier alpha value is -1.22. The number of aromatic carboxylic acids is 1. The van der Waals surface area contributed by atoms with Crippen LogP contribution in [0.5, 0.6) is 0 Å². The molecule has 1 aromatic carbocycles. The van der Waals surface area contributed by atoms with Gasteiger partial charge in [0, 0.05) is 12.6 Å². The predicted molar refractivity (Wildman–Crippen MR) is 78.3 cm³/mol. The van der Waals surface area contributed by atoms with Gasteiger partial charge in [-0.25, -0.2) is 4.79 Å². The molecule has 0 aliphatic carbocycles. The van der Waals surface area contributed by atoms with Gasteiger partial charge < -0.3 is 10.0 Å². The van der Waals surface area contributed by atoms with Crippen molar-refractivity contribution >= 4 is 23.3 Å². The van der Waals surface area contributed by atoms with E-state index < -0.39 is 5.97 Å². The topological polar surface area (TPSA) is 40.5 Å². The molecule has 1 unspecified atom stereocenters. The van der Waals surface area contributed by atoms with Crippen molar-refractivity contribution in [1.29, 1.82) is 0 Å². The minimum Gasteiger partial charge on any atom is -0.478 e. The number of rotatable bonds is 4. The van der Waals surface area contributed by atoms with Gasteiger partial charge in [0.1, 0.15) is 0 Å². The molecule has 0 aromatic heterocycles. The summed E-state index contributed by atoms with van der Waals surface area (Å²) in [6, 6.07) is 5.57. The molecular formula is C15H20ClNO2. The smallest absolute Gasteiger partial charge is 0.335 e. The summed E-state index contributed by atoms with van der Waals surface area (Å²) >= 11 is 6.27. The molecule has 3 nitrogen and oxygen atoms in total. The Morgan fingerprint density at radius 3 is 2.89 bits per heavy atom. The Morgan fingerprint density at radius 1 is 1.47 bits per heavy atom. The zero-order chi connectivity index (χ0) is 13.8. The van der Waals surface area contributed by atoms with Gasteiger partial charge >= 0.3 is 5.97 Å². The van der Waals surface area contributed by atoms with Gasteiger partial charge in [0.05, 0.1) is 16.3 Å². The molecule has 1 fully saturated rings. The molecule has 4 heteroatoms. The van der Waals surface area contributed by atoms with E-state index in [0.717, 1.165) is 25.1 Å². The normalized spacial score (nSPS) is 19.5. The fourth-order valence-corrected chi connectivity index (χ4v) is 3.11. The molecular weight excluding hydrogens is 262 g/mol. The van der Waals surface area contributed by atoms with Crippen molar-refractivity contribution in [3.05, 3.63) is 28.8 Å². The first kappa shape index (κ1) is 14.2. The van der Waals surface area contributed by atoms with E-state index in [2.05, 4.69) is 11.8 Å². The van der Waals surface area contributed by atoms with Gasteiger partial charge in [0.2, 0.25) is 0 Å². The third-order valence-corrected chi connectivity index (χ3v) is 4.06. The van der Waals surface area contributed by atoms with Crippen LogP contribution in [-0.4, -0.2) is 23.7 Å². The molecule has 1 saturated heterocycles. The van der Waals surface area contributed by atoms with Crippen LogP contribution >= 0.6 is 11.6 Å². The number of halogens is 1. The molecule has 19 heavy (non-hydrogen) atoms. The molecule has 0 spiro atoms. The van der Waals surface area contributed by atoms with E-state index in [9.17, 15) is 4.79 Å². The second kappa shape index (κ2) is 6.29. The Kier molecular flexibility index (Phi) is 4.70.